The smallest absolute Gasteiger partial charge is 0.335 e. The number of hydrogen-bond donors (Lipinski definition) is 1. The normalized spacial score (nSPS) is 23.9. The van der Waals surface area contributed by atoms with Crippen molar-refractivity contribution < 1.29 is 14.3 Å². The molecule has 5 heteroatoms. The SMILES string of the molecule is O=C(O)c1ccc(C2(F)CC2c2ccc(Br)c(Br)c2)cc1. The molecule has 2 atom stereocenters. The van der Waals surface area contributed by atoms with Gasteiger partial charge in [0.05, 0.1) is 5.56 Å². The Morgan fingerprint density at radius 2 is 1.81 bits per heavy atom. The van der Waals surface area contributed by atoms with Crippen molar-refractivity contribution in [3.8, 4) is 0 Å². The zero-order valence-electron chi connectivity index (χ0n) is 10.8. The number of rotatable bonds is 3. The highest BCUT2D eigenvalue weighted by atomic mass is 79.9. The predicted molar refractivity (Wildman–Crippen MR) is 85.4 cm³/mol. The second kappa shape index (κ2) is 5.21. The molecule has 3 rings (SSSR count). The average Bonchev–Trinajstić information content (AvgIpc) is 3.15. The molecule has 0 bridgehead atoms. The van der Waals surface area contributed by atoms with Crippen molar-refractivity contribution in [2.75, 3.05) is 0 Å². The highest BCUT2D eigenvalue weighted by Crippen LogP contribution is 2.61. The third kappa shape index (κ3) is 2.64. The molecule has 2 nitrogen and oxygen atoms in total. The summed E-state index contributed by atoms with van der Waals surface area (Å²) in [4.78, 5) is 10.8. The van der Waals surface area contributed by atoms with Crippen LogP contribution in [0.2, 0.25) is 0 Å². The number of aromatic carboxylic acids is 1. The lowest BCUT2D eigenvalue weighted by molar-refractivity contribution is 0.0696. The first-order valence-electron chi connectivity index (χ1n) is 6.39. The zero-order valence-corrected chi connectivity index (χ0v) is 14.0. The van der Waals surface area contributed by atoms with Crippen molar-refractivity contribution in [3.05, 3.63) is 68.1 Å². The highest BCUT2D eigenvalue weighted by molar-refractivity contribution is 9.13. The lowest BCUT2D eigenvalue weighted by Crippen LogP contribution is -2.03. The molecule has 108 valence electrons. The molecule has 0 spiro atoms. The number of carboxylic acid groups (broad SMARTS) is 1. The summed E-state index contributed by atoms with van der Waals surface area (Å²) < 4.78 is 16.8. The Kier molecular flexibility index (Phi) is 3.66. The summed E-state index contributed by atoms with van der Waals surface area (Å²) in [6.07, 6.45) is 0.424. The van der Waals surface area contributed by atoms with Crippen LogP contribution in [0.1, 0.15) is 33.8 Å². The fourth-order valence-corrected chi connectivity index (χ4v) is 3.20. The Morgan fingerprint density at radius 3 is 2.38 bits per heavy atom. The molecule has 21 heavy (non-hydrogen) atoms. The van der Waals surface area contributed by atoms with Gasteiger partial charge in [0.25, 0.3) is 0 Å². The minimum atomic E-state index is -1.40. The fourth-order valence-electron chi connectivity index (χ4n) is 2.56. The Bertz CT molecular complexity index is 715. The van der Waals surface area contributed by atoms with Crippen LogP contribution < -0.4 is 0 Å². The highest BCUT2D eigenvalue weighted by Gasteiger charge is 2.57. The van der Waals surface area contributed by atoms with Gasteiger partial charge in [-0.3, -0.25) is 0 Å². The molecule has 1 aliphatic carbocycles. The lowest BCUT2D eigenvalue weighted by Gasteiger charge is -2.09. The molecular weight excluding hydrogens is 403 g/mol. The summed E-state index contributed by atoms with van der Waals surface area (Å²) in [7, 11) is 0. The average molecular weight is 414 g/mol. The summed E-state index contributed by atoms with van der Waals surface area (Å²) in [5.41, 5.74) is 0.252. The number of hydrogen-bond acceptors (Lipinski definition) is 1. The van der Waals surface area contributed by atoms with Crippen LogP contribution in [0.4, 0.5) is 4.39 Å². The monoisotopic (exact) mass is 412 g/mol. The van der Waals surface area contributed by atoms with E-state index >= 15 is 0 Å². The van der Waals surface area contributed by atoms with Crippen LogP contribution in [-0.2, 0) is 5.67 Å². The van der Waals surface area contributed by atoms with E-state index in [0.29, 0.717) is 12.0 Å². The van der Waals surface area contributed by atoms with Gasteiger partial charge in [-0.2, -0.15) is 0 Å². The fraction of sp³-hybridized carbons (Fsp3) is 0.188. The van der Waals surface area contributed by atoms with E-state index in [1.54, 1.807) is 12.1 Å². The van der Waals surface area contributed by atoms with E-state index in [0.717, 1.165) is 14.5 Å². The van der Waals surface area contributed by atoms with Gasteiger partial charge in [-0.05, 0) is 73.7 Å². The number of alkyl halides is 1. The van der Waals surface area contributed by atoms with E-state index in [2.05, 4.69) is 31.9 Å². The second-order valence-electron chi connectivity index (χ2n) is 5.18. The maximum absolute atomic E-state index is 15.0. The van der Waals surface area contributed by atoms with Gasteiger partial charge in [-0.25, -0.2) is 9.18 Å². The lowest BCUT2D eigenvalue weighted by atomic mass is 10.0. The van der Waals surface area contributed by atoms with E-state index in [4.69, 9.17) is 5.11 Å². The van der Waals surface area contributed by atoms with Crippen molar-refractivity contribution in [1.82, 2.24) is 0 Å². The predicted octanol–water partition coefficient (Wildman–Crippen LogP) is 5.26. The zero-order chi connectivity index (χ0) is 15.2. The van der Waals surface area contributed by atoms with Crippen LogP contribution in [0.15, 0.2) is 51.4 Å². The number of carbonyl (C=O) groups is 1. The molecule has 2 unspecified atom stereocenters. The molecule has 0 aliphatic heterocycles. The Balaban J connectivity index is 1.86. The van der Waals surface area contributed by atoms with Crippen molar-refractivity contribution in [2.45, 2.75) is 18.0 Å². The van der Waals surface area contributed by atoms with Crippen molar-refractivity contribution >= 4 is 37.8 Å². The van der Waals surface area contributed by atoms with Gasteiger partial charge < -0.3 is 5.11 Å². The molecule has 2 aromatic carbocycles. The Labute approximate surface area is 138 Å². The first-order valence-corrected chi connectivity index (χ1v) is 7.98. The topological polar surface area (TPSA) is 37.3 Å². The molecule has 2 aromatic rings. The van der Waals surface area contributed by atoms with Crippen LogP contribution in [-0.4, -0.2) is 11.1 Å². The van der Waals surface area contributed by atoms with Gasteiger partial charge in [-0.15, -0.1) is 0 Å². The third-order valence-electron chi connectivity index (χ3n) is 3.85. The molecule has 0 amide bonds. The summed E-state index contributed by atoms with van der Waals surface area (Å²) in [6.45, 7) is 0. The molecule has 0 aromatic heterocycles. The standard InChI is InChI=1S/C16H11Br2FO2/c17-13-6-3-10(7-14(13)18)12-8-16(12,19)11-4-1-9(2-5-11)15(20)21/h1-7,12H,8H2,(H,20,21). The van der Waals surface area contributed by atoms with Crippen molar-refractivity contribution in [1.29, 1.82) is 0 Å². The largest absolute Gasteiger partial charge is 0.478 e. The molecule has 0 saturated heterocycles. The van der Waals surface area contributed by atoms with Crippen molar-refractivity contribution in [3.63, 3.8) is 0 Å². The number of carboxylic acids is 1. The van der Waals surface area contributed by atoms with Gasteiger partial charge in [0.2, 0.25) is 0 Å². The van der Waals surface area contributed by atoms with Gasteiger partial charge in [-0.1, -0.05) is 18.2 Å². The van der Waals surface area contributed by atoms with Crippen LogP contribution in [0, 0.1) is 0 Å². The van der Waals surface area contributed by atoms with Crippen LogP contribution >= 0.6 is 31.9 Å². The third-order valence-corrected chi connectivity index (χ3v) is 5.73. The summed E-state index contributed by atoms with van der Waals surface area (Å²) in [5, 5.41) is 8.88. The maximum Gasteiger partial charge on any atom is 0.335 e. The molecule has 1 fully saturated rings. The van der Waals surface area contributed by atoms with E-state index in [9.17, 15) is 9.18 Å². The molecule has 1 saturated carbocycles. The summed E-state index contributed by atoms with van der Waals surface area (Å²) in [6, 6.07) is 11.8. The van der Waals surface area contributed by atoms with Gasteiger partial charge in [0.15, 0.2) is 0 Å². The molecule has 0 radical (unpaired) electrons. The van der Waals surface area contributed by atoms with E-state index < -0.39 is 11.6 Å². The van der Waals surface area contributed by atoms with Crippen LogP contribution in [0.25, 0.3) is 0 Å². The summed E-state index contributed by atoms with van der Waals surface area (Å²) in [5.74, 6) is -1.18. The molecular formula is C16H11Br2FO2. The van der Waals surface area contributed by atoms with Gasteiger partial charge in [0.1, 0.15) is 5.67 Å². The van der Waals surface area contributed by atoms with Crippen molar-refractivity contribution in [2.24, 2.45) is 0 Å². The maximum atomic E-state index is 15.0. The number of benzene rings is 2. The first-order chi connectivity index (χ1) is 9.91. The van der Waals surface area contributed by atoms with Crippen LogP contribution in [0.5, 0.6) is 0 Å². The van der Waals surface area contributed by atoms with Crippen LogP contribution in [0.3, 0.4) is 0 Å². The molecule has 1 aliphatic rings. The number of halogens is 3. The minimum Gasteiger partial charge on any atom is -0.478 e. The van der Waals surface area contributed by atoms with Gasteiger partial charge in [0, 0.05) is 14.9 Å². The Hall–Kier alpha value is -1.20. The Morgan fingerprint density at radius 1 is 1.14 bits per heavy atom. The van der Waals surface area contributed by atoms with E-state index in [1.165, 1.54) is 12.1 Å². The van der Waals surface area contributed by atoms with E-state index in [1.807, 2.05) is 18.2 Å². The summed E-state index contributed by atoms with van der Waals surface area (Å²) >= 11 is 6.82. The molecule has 0 heterocycles. The molecule has 1 N–H and O–H groups in total. The van der Waals surface area contributed by atoms with Gasteiger partial charge >= 0.3 is 5.97 Å². The second-order valence-corrected chi connectivity index (χ2v) is 6.88. The quantitative estimate of drug-likeness (QED) is 0.744. The first kappa shape index (κ1) is 14.7. The van der Waals surface area contributed by atoms with E-state index in [-0.39, 0.29) is 11.5 Å². The minimum absolute atomic E-state index is 0.172.